The molecule has 2 amide bonds. The number of nitrogens with zero attached hydrogens (tertiary/aromatic N) is 2. The van der Waals surface area contributed by atoms with Gasteiger partial charge < -0.3 is 10.2 Å². The lowest BCUT2D eigenvalue weighted by molar-refractivity contribution is 0.209. The predicted octanol–water partition coefficient (Wildman–Crippen LogP) is 2.80. The maximum absolute atomic E-state index is 12.5. The number of carbonyl (C=O) groups is 1. The Kier molecular flexibility index (Phi) is 4.15. The van der Waals surface area contributed by atoms with E-state index in [2.05, 4.69) is 43.4 Å². The highest BCUT2D eigenvalue weighted by Gasteiger charge is 2.31. The van der Waals surface area contributed by atoms with E-state index in [1.807, 2.05) is 9.80 Å². The Hall–Kier alpha value is -1.55. The highest BCUT2D eigenvalue weighted by Crippen LogP contribution is 2.28. The van der Waals surface area contributed by atoms with Crippen LogP contribution in [-0.2, 0) is 0 Å². The van der Waals surface area contributed by atoms with Crippen molar-refractivity contribution in [2.24, 2.45) is 0 Å². The molecular weight excluding hydrogens is 262 g/mol. The molecule has 0 radical (unpaired) electrons. The summed E-state index contributed by atoms with van der Waals surface area (Å²) in [7, 11) is 0. The molecule has 2 aliphatic heterocycles. The van der Waals surface area contributed by atoms with Gasteiger partial charge >= 0.3 is 6.03 Å². The largest absolute Gasteiger partial charge is 0.324 e. The van der Waals surface area contributed by atoms with Gasteiger partial charge in [-0.1, -0.05) is 12.1 Å². The van der Waals surface area contributed by atoms with Gasteiger partial charge in [-0.05, 0) is 56.8 Å². The lowest BCUT2D eigenvalue weighted by Gasteiger charge is -2.25. The first kappa shape index (κ1) is 14.4. The van der Waals surface area contributed by atoms with Crippen LogP contribution in [0.4, 0.5) is 10.5 Å². The van der Waals surface area contributed by atoms with Crippen molar-refractivity contribution < 1.29 is 4.79 Å². The summed E-state index contributed by atoms with van der Waals surface area (Å²) in [6, 6.07) is 8.96. The molecule has 3 rings (SSSR count). The van der Waals surface area contributed by atoms with E-state index in [-0.39, 0.29) is 12.1 Å². The summed E-state index contributed by atoms with van der Waals surface area (Å²) in [4.78, 5) is 16.3. The van der Waals surface area contributed by atoms with Crippen molar-refractivity contribution in [2.45, 2.75) is 38.6 Å². The molecule has 1 N–H and O–H groups in total. The van der Waals surface area contributed by atoms with Gasteiger partial charge in [0.25, 0.3) is 0 Å². The van der Waals surface area contributed by atoms with Crippen LogP contribution in [0.3, 0.4) is 0 Å². The van der Waals surface area contributed by atoms with Crippen LogP contribution in [-0.4, -0.2) is 43.2 Å². The van der Waals surface area contributed by atoms with Crippen LogP contribution < -0.4 is 10.2 Å². The molecule has 0 spiro atoms. The second-order valence-corrected chi connectivity index (χ2v) is 6.36. The first-order chi connectivity index (χ1) is 10.2. The molecule has 1 atom stereocenters. The van der Waals surface area contributed by atoms with Crippen molar-refractivity contribution in [3.8, 4) is 0 Å². The fourth-order valence-corrected chi connectivity index (χ4v) is 3.36. The summed E-state index contributed by atoms with van der Waals surface area (Å²) in [6.07, 6.45) is 2.47. The van der Waals surface area contributed by atoms with Crippen LogP contribution in [0.2, 0.25) is 0 Å². The number of anilines is 1. The van der Waals surface area contributed by atoms with E-state index in [0.717, 1.165) is 31.9 Å². The average molecular weight is 287 g/mol. The standard InChI is InChI=1S/C17H25N3O/c1-13(2)19-9-10-20(17(19)21)16-7-3-5-14(11-16)15-6-4-8-18-12-15/h3,5,7,11,13,15,18H,4,6,8-10,12H2,1-2H3. The molecule has 1 aromatic rings. The molecule has 2 aliphatic rings. The molecule has 21 heavy (non-hydrogen) atoms. The molecule has 0 saturated carbocycles. The van der Waals surface area contributed by atoms with E-state index in [4.69, 9.17) is 0 Å². The van der Waals surface area contributed by atoms with Crippen LogP contribution in [0.15, 0.2) is 24.3 Å². The minimum atomic E-state index is 0.143. The molecule has 1 aromatic carbocycles. The van der Waals surface area contributed by atoms with E-state index in [0.29, 0.717) is 5.92 Å². The Morgan fingerprint density at radius 2 is 2.14 bits per heavy atom. The van der Waals surface area contributed by atoms with Gasteiger partial charge in [0.15, 0.2) is 0 Å². The minimum absolute atomic E-state index is 0.143. The van der Waals surface area contributed by atoms with E-state index in [9.17, 15) is 4.79 Å². The van der Waals surface area contributed by atoms with Gasteiger partial charge in [-0.25, -0.2) is 4.79 Å². The Morgan fingerprint density at radius 3 is 2.81 bits per heavy atom. The number of carbonyl (C=O) groups excluding carboxylic acids is 1. The van der Waals surface area contributed by atoms with Gasteiger partial charge in [0.2, 0.25) is 0 Å². The van der Waals surface area contributed by atoms with Gasteiger partial charge in [-0.2, -0.15) is 0 Å². The zero-order valence-electron chi connectivity index (χ0n) is 13.0. The molecule has 114 valence electrons. The molecule has 1 unspecified atom stereocenters. The molecule has 0 bridgehead atoms. The first-order valence-electron chi connectivity index (χ1n) is 8.05. The molecule has 2 fully saturated rings. The van der Waals surface area contributed by atoms with Gasteiger partial charge in [-0.15, -0.1) is 0 Å². The second kappa shape index (κ2) is 6.06. The van der Waals surface area contributed by atoms with Crippen LogP contribution in [0.25, 0.3) is 0 Å². The fraction of sp³-hybridized carbons (Fsp3) is 0.588. The normalized spacial score (nSPS) is 23.2. The SMILES string of the molecule is CC(C)N1CCN(c2cccc(C3CCCNC3)c2)C1=O. The number of rotatable bonds is 3. The van der Waals surface area contributed by atoms with Crippen molar-refractivity contribution in [3.05, 3.63) is 29.8 Å². The highest BCUT2D eigenvalue weighted by atomic mass is 16.2. The zero-order valence-corrected chi connectivity index (χ0v) is 13.0. The van der Waals surface area contributed by atoms with Crippen molar-refractivity contribution >= 4 is 11.7 Å². The number of hydrogen-bond donors (Lipinski definition) is 1. The fourth-order valence-electron chi connectivity index (χ4n) is 3.36. The van der Waals surface area contributed by atoms with Gasteiger partial charge in [0, 0.05) is 31.4 Å². The van der Waals surface area contributed by atoms with E-state index < -0.39 is 0 Å². The summed E-state index contributed by atoms with van der Waals surface area (Å²) >= 11 is 0. The summed E-state index contributed by atoms with van der Waals surface area (Å²) in [5.41, 5.74) is 2.40. The summed E-state index contributed by atoms with van der Waals surface area (Å²) in [6.45, 7) is 7.95. The molecular formula is C17H25N3O. The average Bonchev–Trinajstić information content (AvgIpc) is 2.90. The summed E-state index contributed by atoms with van der Waals surface area (Å²) in [5.74, 6) is 0.581. The number of hydrogen-bond acceptors (Lipinski definition) is 2. The Labute approximate surface area is 127 Å². The van der Waals surface area contributed by atoms with Crippen molar-refractivity contribution in [1.29, 1.82) is 0 Å². The zero-order chi connectivity index (χ0) is 14.8. The number of piperidine rings is 1. The summed E-state index contributed by atoms with van der Waals surface area (Å²) < 4.78 is 0. The third-order valence-electron chi connectivity index (χ3n) is 4.61. The van der Waals surface area contributed by atoms with Crippen LogP contribution in [0, 0.1) is 0 Å². The highest BCUT2D eigenvalue weighted by molar-refractivity contribution is 5.94. The van der Waals surface area contributed by atoms with Gasteiger partial charge in [0.05, 0.1) is 0 Å². The van der Waals surface area contributed by atoms with Crippen molar-refractivity contribution in [1.82, 2.24) is 10.2 Å². The van der Waals surface area contributed by atoms with Crippen LogP contribution in [0.1, 0.15) is 38.2 Å². The smallest absolute Gasteiger partial charge is 0.320 e. The lowest BCUT2D eigenvalue weighted by atomic mass is 9.91. The van der Waals surface area contributed by atoms with Gasteiger partial charge in [0.1, 0.15) is 0 Å². The van der Waals surface area contributed by atoms with Gasteiger partial charge in [-0.3, -0.25) is 4.90 Å². The van der Waals surface area contributed by atoms with E-state index in [1.165, 1.54) is 18.4 Å². The number of amides is 2. The summed E-state index contributed by atoms with van der Waals surface area (Å²) in [5, 5.41) is 3.46. The number of nitrogens with one attached hydrogen (secondary N) is 1. The third-order valence-corrected chi connectivity index (χ3v) is 4.61. The lowest BCUT2D eigenvalue weighted by Crippen LogP contribution is -2.36. The van der Waals surface area contributed by atoms with E-state index in [1.54, 1.807) is 0 Å². The predicted molar refractivity (Wildman–Crippen MR) is 85.9 cm³/mol. The quantitative estimate of drug-likeness (QED) is 0.928. The monoisotopic (exact) mass is 287 g/mol. The van der Waals surface area contributed by atoms with Crippen molar-refractivity contribution in [2.75, 3.05) is 31.1 Å². The minimum Gasteiger partial charge on any atom is -0.320 e. The molecule has 4 heteroatoms. The Morgan fingerprint density at radius 1 is 1.29 bits per heavy atom. The molecule has 2 saturated heterocycles. The maximum atomic E-state index is 12.5. The Bertz CT molecular complexity index is 509. The second-order valence-electron chi connectivity index (χ2n) is 6.36. The van der Waals surface area contributed by atoms with Crippen LogP contribution in [0.5, 0.6) is 0 Å². The van der Waals surface area contributed by atoms with Crippen molar-refractivity contribution in [3.63, 3.8) is 0 Å². The number of benzene rings is 1. The molecule has 2 heterocycles. The molecule has 0 aromatic heterocycles. The molecule has 4 nitrogen and oxygen atoms in total. The van der Waals surface area contributed by atoms with E-state index >= 15 is 0 Å². The molecule has 0 aliphatic carbocycles. The first-order valence-corrected chi connectivity index (χ1v) is 8.05. The topological polar surface area (TPSA) is 35.6 Å². The Balaban J connectivity index is 1.78. The number of urea groups is 1. The maximum Gasteiger partial charge on any atom is 0.324 e. The third kappa shape index (κ3) is 2.91. The van der Waals surface area contributed by atoms with Crippen LogP contribution >= 0.6 is 0 Å².